The molecule has 1 aliphatic rings. The predicted octanol–water partition coefficient (Wildman–Crippen LogP) is 2.31. The van der Waals surface area contributed by atoms with Crippen LogP contribution in [0.2, 0.25) is 0 Å². The minimum atomic E-state index is -0.265. The Hall–Kier alpha value is -1.32. The summed E-state index contributed by atoms with van der Waals surface area (Å²) >= 11 is 0. The molecule has 0 saturated carbocycles. The van der Waals surface area contributed by atoms with Gasteiger partial charge in [0.2, 0.25) is 0 Å². The van der Waals surface area contributed by atoms with Crippen LogP contribution in [0.25, 0.3) is 0 Å². The fourth-order valence-corrected chi connectivity index (χ4v) is 1.93. The average molecular weight is 238 g/mol. The van der Waals surface area contributed by atoms with E-state index in [0.29, 0.717) is 25.4 Å². The van der Waals surface area contributed by atoms with Gasteiger partial charge in [-0.2, -0.15) is 0 Å². The van der Waals surface area contributed by atoms with E-state index in [9.17, 15) is 9.59 Å². The Labute approximate surface area is 103 Å². The summed E-state index contributed by atoms with van der Waals surface area (Å²) in [5, 5.41) is 2.79. The highest BCUT2D eigenvalue weighted by molar-refractivity contribution is 6.06. The van der Waals surface area contributed by atoms with Crippen LogP contribution in [0.5, 0.6) is 0 Å². The molecule has 0 saturated heterocycles. The molecule has 0 fully saturated rings. The fourth-order valence-electron chi connectivity index (χ4n) is 1.93. The SMILES string of the molecule is CCC1=C(C)CN(C(=O)NCCC(C)C)C1=O. The van der Waals surface area contributed by atoms with Crippen molar-refractivity contribution in [1.82, 2.24) is 10.2 Å². The largest absolute Gasteiger partial charge is 0.338 e. The van der Waals surface area contributed by atoms with Crippen LogP contribution in [0.3, 0.4) is 0 Å². The van der Waals surface area contributed by atoms with Crippen molar-refractivity contribution in [2.75, 3.05) is 13.1 Å². The second kappa shape index (κ2) is 5.84. The Morgan fingerprint density at radius 1 is 1.47 bits per heavy atom. The molecule has 0 aromatic heterocycles. The van der Waals surface area contributed by atoms with Crippen molar-refractivity contribution in [3.63, 3.8) is 0 Å². The summed E-state index contributed by atoms with van der Waals surface area (Å²) in [5.41, 5.74) is 1.79. The first kappa shape index (κ1) is 13.7. The second-order valence-electron chi connectivity index (χ2n) is 4.92. The number of hydrogen-bond acceptors (Lipinski definition) is 2. The molecule has 0 radical (unpaired) electrons. The maximum atomic E-state index is 11.9. The normalized spacial score (nSPS) is 16.1. The average Bonchev–Trinajstić information content (AvgIpc) is 2.53. The van der Waals surface area contributed by atoms with Crippen LogP contribution in [-0.4, -0.2) is 29.9 Å². The molecule has 17 heavy (non-hydrogen) atoms. The number of nitrogens with one attached hydrogen (secondary N) is 1. The zero-order chi connectivity index (χ0) is 13.0. The third-order valence-electron chi connectivity index (χ3n) is 3.01. The molecular formula is C13H22N2O2. The molecule has 96 valence electrons. The second-order valence-corrected chi connectivity index (χ2v) is 4.92. The summed E-state index contributed by atoms with van der Waals surface area (Å²) in [6, 6.07) is -0.265. The molecule has 4 heteroatoms. The molecule has 0 bridgehead atoms. The molecular weight excluding hydrogens is 216 g/mol. The van der Waals surface area contributed by atoms with Crippen LogP contribution >= 0.6 is 0 Å². The van der Waals surface area contributed by atoms with E-state index in [1.807, 2.05) is 13.8 Å². The number of hydrogen-bond donors (Lipinski definition) is 1. The van der Waals surface area contributed by atoms with Crippen LogP contribution in [0, 0.1) is 5.92 Å². The Kier molecular flexibility index (Phi) is 4.73. The molecule has 1 N–H and O–H groups in total. The lowest BCUT2D eigenvalue weighted by Crippen LogP contribution is -2.42. The zero-order valence-corrected chi connectivity index (χ0v) is 11.2. The van der Waals surface area contributed by atoms with Gasteiger partial charge >= 0.3 is 6.03 Å². The van der Waals surface area contributed by atoms with E-state index in [1.54, 1.807) is 0 Å². The van der Waals surface area contributed by atoms with Crippen molar-refractivity contribution in [3.05, 3.63) is 11.1 Å². The summed E-state index contributed by atoms with van der Waals surface area (Å²) in [5.74, 6) is 0.419. The first-order valence-corrected chi connectivity index (χ1v) is 6.25. The predicted molar refractivity (Wildman–Crippen MR) is 67.6 cm³/mol. The van der Waals surface area contributed by atoms with Gasteiger partial charge in [0.25, 0.3) is 5.91 Å². The topological polar surface area (TPSA) is 49.4 Å². The molecule has 0 aliphatic carbocycles. The summed E-state index contributed by atoms with van der Waals surface area (Å²) < 4.78 is 0. The van der Waals surface area contributed by atoms with Crippen molar-refractivity contribution >= 4 is 11.9 Å². The number of carbonyl (C=O) groups excluding carboxylic acids is 2. The minimum Gasteiger partial charge on any atom is -0.338 e. The van der Waals surface area contributed by atoms with E-state index in [2.05, 4.69) is 19.2 Å². The molecule has 4 nitrogen and oxygen atoms in total. The number of imide groups is 1. The molecule has 0 spiro atoms. The van der Waals surface area contributed by atoms with Crippen molar-refractivity contribution in [3.8, 4) is 0 Å². The molecule has 3 amide bonds. The van der Waals surface area contributed by atoms with Gasteiger partial charge in [0.15, 0.2) is 0 Å². The summed E-state index contributed by atoms with van der Waals surface area (Å²) in [4.78, 5) is 25.0. The third kappa shape index (κ3) is 3.32. The monoisotopic (exact) mass is 238 g/mol. The van der Waals surface area contributed by atoms with Crippen LogP contribution in [0.1, 0.15) is 40.5 Å². The van der Waals surface area contributed by atoms with Gasteiger partial charge in [-0.15, -0.1) is 0 Å². The number of nitrogens with zero attached hydrogens (tertiary/aromatic N) is 1. The maximum Gasteiger partial charge on any atom is 0.324 e. The van der Waals surface area contributed by atoms with Gasteiger partial charge in [0, 0.05) is 12.1 Å². The summed E-state index contributed by atoms with van der Waals surface area (Å²) in [6.07, 6.45) is 1.63. The van der Waals surface area contributed by atoms with Gasteiger partial charge < -0.3 is 5.32 Å². The van der Waals surface area contributed by atoms with E-state index in [-0.39, 0.29) is 11.9 Å². The quantitative estimate of drug-likeness (QED) is 0.817. The zero-order valence-electron chi connectivity index (χ0n) is 11.2. The lowest BCUT2D eigenvalue weighted by atomic mass is 10.1. The maximum absolute atomic E-state index is 11.9. The van der Waals surface area contributed by atoms with E-state index in [0.717, 1.165) is 17.6 Å². The number of carbonyl (C=O) groups is 2. The van der Waals surface area contributed by atoms with Gasteiger partial charge in [-0.3, -0.25) is 9.69 Å². The Morgan fingerprint density at radius 3 is 2.59 bits per heavy atom. The van der Waals surface area contributed by atoms with Gasteiger partial charge in [0.1, 0.15) is 0 Å². The smallest absolute Gasteiger partial charge is 0.324 e. The first-order valence-electron chi connectivity index (χ1n) is 6.25. The lowest BCUT2D eigenvalue weighted by molar-refractivity contribution is -0.123. The van der Waals surface area contributed by atoms with Crippen LogP contribution < -0.4 is 5.32 Å². The van der Waals surface area contributed by atoms with Gasteiger partial charge in [-0.25, -0.2) is 4.79 Å². The summed E-state index contributed by atoms with van der Waals surface area (Å²) in [7, 11) is 0. The molecule has 1 rings (SSSR count). The summed E-state index contributed by atoms with van der Waals surface area (Å²) in [6.45, 7) is 9.13. The molecule has 0 unspecified atom stereocenters. The highest BCUT2D eigenvalue weighted by atomic mass is 16.2. The van der Waals surface area contributed by atoms with Crippen molar-refractivity contribution < 1.29 is 9.59 Å². The molecule has 0 atom stereocenters. The molecule has 1 aliphatic heterocycles. The van der Waals surface area contributed by atoms with Gasteiger partial charge in [0.05, 0.1) is 6.54 Å². The fraction of sp³-hybridized carbons (Fsp3) is 0.692. The molecule has 0 aromatic rings. The van der Waals surface area contributed by atoms with Crippen LogP contribution in [-0.2, 0) is 4.79 Å². The van der Waals surface area contributed by atoms with Crippen molar-refractivity contribution in [2.45, 2.75) is 40.5 Å². The number of rotatable bonds is 4. The molecule has 1 heterocycles. The minimum absolute atomic E-state index is 0.132. The Morgan fingerprint density at radius 2 is 2.12 bits per heavy atom. The van der Waals surface area contributed by atoms with Gasteiger partial charge in [-0.05, 0) is 31.3 Å². The van der Waals surface area contributed by atoms with E-state index >= 15 is 0 Å². The van der Waals surface area contributed by atoms with Crippen LogP contribution in [0.4, 0.5) is 4.79 Å². The van der Waals surface area contributed by atoms with Crippen molar-refractivity contribution in [2.24, 2.45) is 5.92 Å². The standard InChI is InChI=1S/C13H22N2O2/c1-5-11-10(4)8-15(12(11)16)13(17)14-7-6-9(2)3/h9H,5-8H2,1-4H3,(H,14,17). The van der Waals surface area contributed by atoms with Crippen molar-refractivity contribution in [1.29, 1.82) is 0 Å². The number of urea groups is 1. The van der Waals surface area contributed by atoms with E-state index in [4.69, 9.17) is 0 Å². The Bertz CT molecular complexity index is 345. The first-order chi connectivity index (χ1) is 7.97. The van der Waals surface area contributed by atoms with Gasteiger partial charge in [-0.1, -0.05) is 20.8 Å². The highest BCUT2D eigenvalue weighted by Crippen LogP contribution is 2.21. The van der Waals surface area contributed by atoms with E-state index in [1.165, 1.54) is 4.90 Å². The lowest BCUT2D eigenvalue weighted by Gasteiger charge is -2.16. The third-order valence-corrected chi connectivity index (χ3v) is 3.01. The number of amides is 3. The highest BCUT2D eigenvalue weighted by Gasteiger charge is 2.31. The Balaban J connectivity index is 2.49. The van der Waals surface area contributed by atoms with Crippen LogP contribution in [0.15, 0.2) is 11.1 Å². The van der Waals surface area contributed by atoms with E-state index < -0.39 is 0 Å². The molecule has 0 aromatic carbocycles.